The van der Waals surface area contributed by atoms with E-state index in [4.69, 9.17) is 0 Å². The number of carbonyl (C=O) groups excluding carboxylic acids is 4. The van der Waals surface area contributed by atoms with Crippen molar-refractivity contribution in [2.75, 3.05) is 28.6 Å². The zero-order chi connectivity index (χ0) is 38.8. The Morgan fingerprint density at radius 3 is 2.65 bits per heavy atom. The SMILES string of the molecule is O=C1CCC(Nc2ccccc2CN2C[C@H]3C[C@@H]2CN3c2ccc(-c3cc(F)c4c(c3)C(=O)N(C(C(=O)Nc3nccs3)c3ncn5c3CCC5)C4)cc2)C(=O)N1. The smallest absolute Gasteiger partial charge is 0.255 e. The monoisotopic (exact) mass is 785 g/mol. The summed E-state index contributed by atoms with van der Waals surface area (Å²) >= 11 is 1.28. The molecule has 0 saturated carbocycles. The number of amides is 4. The van der Waals surface area contributed by atoms with Crippen LogP contribution in [0.4, 0.5) is 20.9 Å². The molecule has 2 aromatic heterocycles. The maximum Gasteiger partial charge on any atom is 0.255 e. The van der Waals surface area contributed by atoms with E-state index in [1.165, 1.54) is 22.3 Å². The second kappa shape index (κ2) is 14.2. The quantitative estimate of drug-likeness (QED) is 0.165. The highest BCUT2D eigenvalue weighted by molar-refractivity contribution is 7.13. The van der Waals surface area contributed by atoms with Gasteiger partial charge in [-0.1, -0.05) is 30.3 Å². The highest BCUT2D eigenvalue weighted by Crippen LogP contribution is 2.40. The van der Waals surface area contributed by atoms with E-state index in [1.807, 2.05) is 34.9 Å². The molecule has 3 N–H and O–H groups in total. The molecule has 4 amide bonds. The number of nitrogens with one attached hydrogen (secondary N) is 3. The minimum absolute atomic E-state index is 0.0437. The number of hydrogen-bond acceptors (Lipinski definition) is 10. The van der Waals surface area contributed by atoms with Crippen LogP contribution in [0.5, 0.6) is 0 Å². The van der Waals surface area contributed by atoms with E-state index in [0.29, 0.717) is 41.3 Å². The molecule has 3 saturated heterocycles. The normalized spacial score (nSPS) is 21.8. The summed E-state index contributed by atoms with van der Waals surface area (Å²) in [6.45, 7) is 3.29. The molecule has 13 nitrogen and oxygen atoms in total. The number of halogens is 1. The maximum atomic E-state index is 16.0. The van der Waals surface area contributed by atoms with Gasteiger partial charge in [-0.05, 0) is 72.7 Å². The number of thiazole rings is 1. The fraction of sp³-hybridized carbons (Fsp3) is 0.333. The number of imide groups is 1. The third kappa shape index (κ3) is 6.44. The number of hydrogen-bond donors (Lipinski definition) is 3. The van der Waals surface area contributed by atoms with Gasteiger partial charge in [0.25, 0.3) is 11.8 Å². The Bertz CT molecular complexity index is 2420. The Morgan fingerprint density at radius 1 is 1.00 bits per heavy atom. The highest BCUT2D eigenvalue weighted by Gasteiger charge is 2.44. The summed E-state index contributed by atoms with van der Waals surface area (Å²) in [6.07, 6.45) is 6.84. The number of piperidine rings is 1. The summed E-state index contributed by atoms with van der Waals surface area (Å²) in [6, 6.07) is 18.6. The summed E-state index contributed by atoms with van der Waals surface area (Å²) < 4.78 is 18.0. The van der Waals surface area contributed by atoms with Crippen molar-refractivity contribution in [1.82, 2.24) is 29.7 Å². The van der Waals surface area contributed by atoms with Crippen LogP contribution in [0.3, 0.4) is 0 Å². The van der Waals surface area contributed by atoms with Crippen molar-refractivity contribution in [3.8, 4) is 11.1 Å². The molecule has 10 rings (SSSR count). The van der Waals surface area contributed by atoms with Crippen molar-refractivity contribution in [3.05, 3.63) is 112 Å². The first-order valence-corrected chi connectivity index (χ1v) is 20.3. The number of rotatable bonds is 10. The van der Waals surface area contributed by atoms with Crippen LogP contribution in [0.2, 0.25) is 0 Å². The Labute approximate surface area is 331 Å². The largest absolute Gasteiger partial charge is 0.373 e. The molecular weight excluding hydrogens is 746 g/mol. The summed E-state index contributed by atoms with van der Waals surface area (Å²) in [4.78, 5) is 67.2. The van der Waals surface area contributed by atoms with Crippen LogP contribution in [-0.2, 0) is 40.4 Å². The molecule has 5 aliphatic heterocycles. The van der Waals surface area contributed by atoms with Gasteiger partial charge in [0.05, 0.1) is 18.6 Å². The zero-order valence-electron chi connectivity index (χ0n) is 31.0. The molecular formula is C42H40FN9O4S. The van der Waals surface area contributed by atoms with E-state index < -0.39 is 29.7 Å². The molecule has 5 aromatic rings. The van der Waals surface area contributed by atoms with E-state index in [-0.39, 0.29) is 29.5 Å². The summed E-state index contributed by atoms with van der Waals surface area (Å²) in [5.41, 5.74) is 6.48. The average Bonchev–Trinajstić information content (AvgIpc) is 4.07. The third-order valence-corrected chi connectivity index (χ3v) is 12.8. The van der Waals surface area contributed by atoms with Gasteiger partial charge in [0.15, 0.2) is 11.2 Å². The number of carbonyl (C=O) groups is 4. The van der Waals surface area contributed by atoms with Crippen molar-refractivity contribution in [2.45, 2.75) is 75.9 Å². The number of fused-ring (bicyclic) bond motifs is 4. The number of benzene rings is 3. The number of likely N-dealkylation sites (tertiary alicyclic amines) is 1. The van der Waals surface area contributed by atoms with Crippen LogP contribution >= 0.6 is 11.3 Å². The van der Waals surface area contributed by atoms with Gasteiger partial charge in [-0.25, -0.2) is 14.4 Å². The molecule has 290 valence electrons. The van der Waals surface area contributed by atoms with Crippen LogP contribution in [0, 0.1) is 5.82 Å². The highest BCUT2D eigenvalue weighted by atomic mass is 32.1. The third-order valence-electron chi connectivity index (χ3n) is 12.1. The summed E-state index contributed by atoms with van der Waals surface area (Å²) in [5, 5.41) is 10.8. The van der Waals surface area contributed by atoms with Crippen LogP contribution in [0.15, 0.2) is 78.6 Å². The van der Waals surface area contributed by atoms with Gasteiger partial charge in [-0.2, -0.15) is 0 Å². The average molecular weight is 786 g/mol. The van der Waals surface area contributed by atoms with Gasteiger partial charge >= 0.3 is 0 Å². The molecule has 0 radical (unpaired) electrons. The summed E-state index contributed by atoms with van der Waals surface area (Å²) in [5.74, 6) is -1.83. The van der Waals surface area contributed by atoms with Crippen LogP contribution < -0.4 is 20.9 Å². The van der Waals surface area contributed by atoms with E-state index in [1.54, 1.807) is 24.0 Å². The molecule has 0 aliphatic carbocycles. The molecule has 2 unspecified atom stereocenters. The van der Waals surface area contributed by atoms with Crippen LogP contribution in [-0.4, -0.2) is 79.2 Å². The molecule has 3 fully saturated rings. The van der Waals surface area contributed by atoms with Gasteiger partial charge < -0.3 is 19.7 Å². The molecule has 2 bridgehead atoms. The molecule has 57 heavy (non-hydrogen) atoms. The second-order valence-electron chi connectivity index (χ2n) is 15.5. The second-order valence-corrected chi connectivity index (χ2v) is 16.4. The van der Waals surface area contributed by atoms with Gasteiger partial charge in [-0.3, -0.25) is 34.7 Å². The summed E-state index contributed by atoms with van der Waals surface area (Å²) in [7, 11) is 0. The lowest BCUT2D eigenvalue weighted by atomic mass is 9.99. The van der Waals surface area contributed by atoms with Crippen molar-refractivity contribution < 1.29 is 23.6 Å². The van der Waals surface area contributed by atoms with Gasteiger partial charge in [0.2, 0.25) is 11.8 Å². The number of imidazole rings is 1. The Hall–Kier alpha value is -5.93. The first-order chi connectivity index (χ1) is 27.8. The Morgan fingerprint density at radius 2 is 1.86 bits per heavy atom. The lowest BCUT2D eigenvalue weighted by molar-refractivity contribution is -0.133. The molecule has 3 aromatic carbocycles. The Kier molecular flexibility index (Phi) is 8.85. The van der Waals surface area contributed by atoms with E-state index in [2.05, 4.69) is 53.9 Å². The van der Waals surface area contributed by atoms with Crippen molar-refractivity contribution >= 4 is 51.5 Å². The standard InChI is InChI=1S/C42H40FN9O4S/c43-32-17-26(16-30-31(32)22-52(41(30)56)38(40(55)48-42-44-13-15-57-42)37-35-6-3-14-49(35)23-45-37)24-7-9-27(10-8-24)51-21-28-18-29(51)20-50(28)19-25-4-1-2-5-33(25)46-34-11-12-36(53)47-39(34)54/h1-2,4-5,7-10,13,15-17,23,28-29,34,38,46H,3,6,11-12,14,18-22H2,(H,44,48,55)(H,47,53,54)/t28-,29-,34?,38?/m1/s1. The first kappa shape index (κ1) is 35.5. The Balaban J connectivity index is 0.830. The minimum Gasteiger partial charge on any atom is -0.373 e. The lowest BCUT2D eigenvalue weighted by Crippen LogP contribution is -2.48. The fourth-order valence-corrected chi connectivity index (χ4v) is 9.84. The number of nitrogens with zero attached hydrogens (tertiary/aromatic N) is 6. The fourth-order valence-electron chi connectivity index (χ4n) is 9.31. The molecule has 5 aliphatic rings. The lowest BCUT2D eigenvalue weighted by Gasteiger charge is -2.36. The molecule has 0 spiro atoms. The first-order valence-electron chi connectivity index (χ1n) is 19.4. The van der Waals surface area contributed by atoms with E-state index in [9.17, 15) is 19.2 Å². The topological polar surface area (TPSA) is 145 Å². The number of aromatic nitrogens is 3. The number of para-hydroxylation sites is 1. The number of aryl methyl sites for hydroxylation is 1. The van der Waals surface area contributed by atoms with E-state index >= 15 is 4.39 Å². The zero-order valence-corrected chi connectivity index (χ0v) is 31.8. The molecule has 4 atom stereocenters. The van der Waals surface area contributed by atoms with Crippen molar-refractivity contribution in [2.24, 2.45) is 0 Å². The van der Waals surface area contributed by atoms with Crippen molar-refractivity contribution in [1.29, 1.82) is 0 Å². The maximum absolute atomic E-state index is 16.0. The van der Waals surface area contributed by atoms with Crippen LogP contribution in [0.25, 0.3) is 11.1 Å². The number of piperazine rings is 1. The van der Waals surface area contributed by atoms with Gasteiger partial charge in [0, 0.05) is 84.5 Å². The molecule has 7 heterocycles. The number of anilines is 3. The minimum atomic E-state index is -1.04. The molecule has 15 heteroatoms. The predicted molar refractivity (Wildman–Crippen MR) is 212 cm³/mol. The van der Waals surface area contributed by atoms with E-state index in [0.717, 1.165) is 73.6 Å². The van der Waals surface area contributed by atoms with Gasteiger partial charge in [-0.15, -0.1) is 11.3 Å². The van der Waals surface area contributed by atoms with Crippen LogP contribution in [0.1, 0.15) is 64.6 Å². The predicted octanol–water partition coefficient (Wildman–Crippen LogP) is 5.11. The van der Waals surface area contributed by atoms with Gasteiger partial charge in [0.1, 0.15) is 11.9 Å². The van der Waals surface area contributed by atoms with Crippen molar-refractivity contribution in [3.63, 3.8) is 0 Å².